The van der Waals surface area contributed by atoms with Crippen molar-refractivity contribution in [2.45, 2.75) is 18.9 Å². The Labute approximate surface area is 59.2 Å². The summed E-state index contributed by atoms with van der Waals surface area (Å²) in [6.07, 6.45) is 1.64. The van der Waals surface area contributed by atoms with Crippen LogP contribution in [0.25, 0.3) is 4.85 Å². The molecule has 0 radical (unpaired) electrons. The molecule has 0 aromatic carbocycles. The van der Waals surface area contributed by atoms with E-state index in [1.807, 2.05) is 5.43 Å². The maximum atomic E-state index is 10.8. The van der Waals surface area contributed by atoms with Gasteiger partial charge in [0, 0.05) is 6.42 Å². The van der Waals surface area contributed by atoms with Crippen molar-refractivity contribution in [2.75, 3.05) is 0 Å². The predicted octanol–water partition coefficient (Wildman–Crippen LogP) is -0.326. The van der Waals surface area contributed by atoms with Crippen LogP contribution in [0.4, 0.5) is 0 Å². The number of hydrogen-bond donors (Lipinski definition) is 2. The zero-order valence-corrected chi connectivity index (χ0v) is 5.50. The first-order valence-electron chi connectivity index (χ1n) is 3.16. The molecule has 1 amide bonds. The lowest BCUT2D eigenvalue weighted by Crippen LogP contribution is -2.45. The Morgan fingerprint density at radius 1 is 1.70 bits per heavy atom. The van der Waals surface area contributed by atoms with Gasteiger partial charge in [-0.25, -0.2) is 12.4 Å². The van der Waals surface area contributed by atoms with Crippen LogP contribution >= 0.6 is 0 Å². The standard InChI is InChI=1S/C6H9N3O/c1-8-5-3-2-4(5)6(10)9-7/h4-5H,2-3,7H2,(H,9,10)/t4-,5+/m1/s1. The first-order valence-corrected chi connectivity index (χ1v) is 3.16. The predicted molar refractivity (Wildman–Crippen MR) is 35.4 cm³/mol. The van der Waals surface area contributed by atoms with Crippen LogP contribution in [-0.4, -0.2) is 11.9 Å². The van der Waals surface area contributed by atoms with Crippen LogP contribution in [0.3, 0.4) is 0 Å². The number of amides is 1. The fourth-order valence-corrected chi connectivity index (χ4v) is 1.05. The fraction of sp³-hybridized carbons (Fsp3) is 0.667. The van der Waals surface area contributed by atoms with Gasteiger partial charge in [0.15, 0.2) is 0 Å². The highest BCUT2D eigenvalue weighted by Crippen LogP contribution is 2.30. The van der Waals surface area contributed by atoms with Gasteiger partial charge in [0.05, 0.1) is 0 Å². The van der Waals surface area contributed by atoms with Crippen LogP contribution in [0.2, 0.25) is 0 Å². The van der Waals surface area contributed by atoms with E-state index in [0.29, 0.717) is 0 Å². The number of rotatable bonds is 1. The molecule has 3 N–H and O–H groups in total. The Morgan fingerprint density at radius 3 is 2.70 bits per heavy atom. The molecule has 10 heavy (non-hydrogen) atoms. The third kappa shape index (κ3) is 0.957. The minimum absolute atomic E-state index is 0.122. The van der Waals surface area contributed by atoms with Crippen LogP contribution in [0.15, 0.2) is 0 Å². The summed E-state index contributed by atoms with van der Waals surface area (Å²) in [7, 11) is 0. The number of carbonyl (C=O) groups excluding carboxylic acids is 1. The molecule has 0 bridgehead atoms. The lowest BCUT2D eigenvalue weighted by Gasteiger charge is -2.24. The molecule has 1 saturated carbocycles. The molecule has 1 aliphatic rings. The quantitative estimate of drug-likeness (QED) is 0.226. The van der Waals surface area contributed by atoms with Crippen molar-refractivity contribution in [1.82, 2.24) is 5.43 Å². The highest BCUT2D eigenvalue weighted by Gasteiger charge is 2.41. The molecule has 0 aromatic rings. The van der Waals surface area contributed by atoms with Crippen LogP contribution in [0.1, 0.15) is 12.8 Å². The Morgan fingerprint density at radius 2 is 2.40 bits per heavy atom. The fourth-order valence-electron chi connectivity index (χ4n) is 1.05. The highest BCUT2D eigenvalue weighted by atomic mass is 16.2. The lowest BCUT2D eigenvalue weighted by molar-refractivity contribution is -0.127. The van der Waals surface area contributed by atoms with Crippen molar-refractivity contribution in [3.05, 3.63) is 11.4 Å². The van der Waals surface area contributed by atoms with E-state index < -0.39 is 0 Å². The van der Waals surface area contributed by atoms with Gasteiger partial charge in [0.2, 0.25) is 11.9 Å². The molecular weight excluding hydrogens is 130 g/mol. The van der Waals surface area contributed by atoms with Crippen molar-refractivity contribution < 1.29 is 4.79 Å². The van der Waals surface area contributed by atoms with E-state index in [2.05, 4.69) is 4.85 Å². The second-order valence-corrected chi connectivity index (χ2v) is 2.39. The second kappa shape index (κ2) is 2.67. The normalized spacial score (nSPS) is 30.0. The molecule has 54 valence electrons. The number of carbonyl (C=O) groups is 1. The summed E-state index contributed by atoms with van der Waals surface area (Å²) in [6, 6.07) is -0.122. The van der Waals surface area contributed by atoms with Gasteiger partial charge in [0.25, 0.3) is 0 Å². The first kappa shape index (κ1) is 7.03. The average Bonchev–Trinajstić information content (AvgIpc) is 1.86. The third-order valence-corrected chi connectivity index (χ3v) is 1.88. The minimum Gasteiger partial charge on any atom is -0.313 e. The van der Waals surface area contributed by atoms with Gasteiger partial charge in [-0.1, -0.05) is 0 Å². The largest absolute Gasteiger partial charge is 0.313 e. The first-order chi connectivity index (χ1) is 4.79. The Kier molecular flexibility index (Phi) is 1.88. The molecule has 0 aliphatic heterocycles. The molecule has 0 saturated heterocycles. The van der Waals surface area contributed by atoms with Gasteiger partial charge >= 0.3 is 0 Å². The van der Waals surface area contributed by atoms with Crippen LogP contribution in [0, 0.1) is 12.5 Å². The molecule has 4 nitrogen and oxygen atoms in total. The Hall–Kier alpha value is -1.08. The molecule has 0 unspecified atom stereocenters. The van der Waals surface area contributed by atoms with Crippen molar-refractivity contribution in [3.63, 3.8) is 0 Å². The summed E-state index contributed by atoms with van der Waals surface area (Å²) in [5.41, 5.74) is 2.05. The van der Waals surface area contributed by atoms with Crippen molar-refractivity contribution in [3.8, 4) is 0 Å². The monoisotopic (exact) mass is 139 g/mol. The summed E-state index contributed by atoms with van der Waals surface area (Å²) in [6.45, 7) is 6.66. The second-order valence-electron chi connectivity index (χ2n) is 2.39. The molecule has 0 heterocycles. The lowest BCUT2D eigenvalue weighted by atomic mass is 9.79. The van der Waals surface area contributed by atoms with Gasteiger partial charge < -0.3 is 4.85 Å². The van der Waals surface area contributed by atoms with Crippen LogP contribution in [-0.2, 0) is 4.79 Å². The van der Waals surface area contributed by atoms with Crippen molar-refractivity contribution in [2.24, 2.45) is 11.8 Å². The summed E-state index contributed by atoms with van der Waals surface area (Å²) in [4.78, 5) is 14.1. The van der Waals surface area contributed by atoms with Gasteiger partial charge in [0.1, 0.15) is 5.92 Å². The smallest absolute Gasteiger partial charge is 0.244 e. The maximum absolute atomic E-state index is 10.8. The minimum atomic E-state index is -0.202. The van der Waals surface area contributed by atoms with E-state index >= 15 is 0 Å². The van der Waals surface area contributed by atoms with Crippen LogP contribution < -0.4 is 11.3 Å². The molecule has 0 aromatic heterocycles. The van der Waals surface area contributed by atoms with E-state index in [4.69, 9.17) is 12.4 Å². The van der Waals surface area contributed by atoms with E-state index in [1.165, 1.54) is 0 Å². The number of hydrazine groups is 1. The van der Waals surface area contributed by atoms with Gasteiger partial charge in [-0.15, -0.1) is 0 Å². The number of hydrogen-bond acceptors (Lipinski definition) is 2. The van der Waals surface area contributed by atoms with E-state index in [-0.39, 0.29) is 17.9 Å². The molecular formula is C6H9N3O. The van der Waals surface area contributed by atoms with Crippen molar-refractivity contribution in [1.29, 1.82) is 0 Å². The summed E-state index contributed by atoms with van der Waals surface area (Å²) < 4.78 is 0. The molecule has 2 atom stereocenters. The summed E-state index contributed by atoms with van der Waals surface area (Å²) in [5, 5.41) is 0. The average molecular weight is 139 g/mol. The highest BCUT2D eigenvalue weighted by molar-refractivity contribution is 5.80. The van der Waals surface area contributed by atoms with E-state index in [9.17, 15) is 4.79 Å². The van der Waals surface area contributed by atoms with Crippen molar-refractivity contribution >= 4 is 5.91 Å². The van der Waals surface area contributed by atoms with Gasteiger partial charge in [-0.3, -0.25) is 10.2 Å². The molecule has 1 rings (SSSR count). The zero-order chi connectivity index (χ0) is 7.56. The SMILES string of the molecule is [C-]#[N+][C@H]1CC[C@H]1C(=O)NN. The molecule has 0 spiro atoms. The number of nitrogens with zero attached hydrogens (tertiary/aromatic N) is 1. The number of nitrogens with two attached hydrogens (primary N) is 1. The summed E-state index contributed by atoms with van der Waals surface area (Å²) >= 11 is 0. The maximum Gasteiger partial charge on any atom is 0.244 e. The number of nitrogens with one attached hydrogen (secondary N) is 1. The molecule has 1 fully saturated rings. The topological polar surface area (TPSA) is 59.5 Å². The van der Waals surface area contributed by atoms with Gasteiger partial charge in [-0.05, 0) is 6.42 Å². The van der Waals surface area contributed by atoms with Crippen LogP contribution in [0.5, 0.6) is 0 Å². The summed E-state index contributed by atoms with van der Waals surface area (Å²) in [5.74, 6) is 4.54. The Bertz CT molecular complexity index is 184. The molecule has 4 heteroatoms. The Balaban J connectivity index is 2.44. The zero-order valence-electron chi connectivity index (χ0n) is 5.50. The van der Waals surface area contributed by atoms with E-state index in [0.717, 1.165) is 12.8 Å². The third-order valence-electron chi connectivity index (χ3n) is 1.88. The molecule has 1 aliphatic carbocycles. The van der Waals surface area contributed by atoms with Gasteiger partial charge in [-0.2, -0.15) is 0 Å². The van der Waals surface area contributed by atoms with E-state index in [1.54, 1.807) is 0 Å².